The molecule has 10 N–H and O–H groups in total. The third-order valence-electron chi connectivity index (χ3n) is 13.5. The van der Waals surface area contributed by atoms with Gasteiger partial charge in [-0.25, -0.2) is 4.98 Å². The van der Waals surface area contributed by atoms with Crippen molar-refractivity contribution in [3.63, 3.8) is 0 Å². The molecule has 42 heteroatoms. The van der Waals surface area contributed by atoms with E-state index < -0.39 is 183 Å². The van der Waals surface area contributed by atoms with Crippen molar-refractivity contribution in [3.05, 3.63) is 119 Å². The third-order valence-corrected chi connectivity index (χ3v) is 19.3. The largest absolute Gasteiger partial charge is 0.350 e. The first-order chi connectivity index (χ1) is 45.4. The molecule has 0 bridgehead atoms. The van der Waals surface area contributed by atoms with Crippen LogP contribution in [0.2, 0.25) is 0 Å². The van der Waals surface area contributed by atoms with Gasteiger partial charge in [0.25, 0.3) is 60.7 Å². The van der Waals surface area contributed by atoms with Gasteiger partial charge in [0.05, 0.1) is 45.3 Å². The van der Waals surface area contributed by atoms with Crippen LogP contribution in [0, 0.1) is 0 Å². The van der Waals surface area contributed by atoms with Crippen molar-refractivity contribution < 1.29 is 107 Å². The molecular weight excluding hydrogens is 1420 g/mol. The van der Waals surface area contributed by atoms with Crippen molar-refractivity contribution in [2.24, 2.45) is 0 Å². The molecule has 2 amide bonds. The fourth-order valence-electron chi connectivity index (χ4n) is 9.60. The Hall–Kier alpha value is -9.08. The molecule has 0 aliphatic heterocycles. The Kier molecular flexibility index (Phi) is 25.1. The predicted molar refractivity (Wildman–Crippen MR) is 348 cm³/mol. The zero-order valence-electron chi connectivity index (χ0n) is 51.8. The van der Waals surface area contributed by atoms with Gasteiger partial charge >= 0.3 is 0 Å². The highest BCUT2D eigenvalue weighted by atomic mass is 32.2. The highest BCUT2D eigenvalue weighted by Gasteiger charge is 2.32. The van der Waals surface area contributed by atoms with Crippen molar-refractivity contribution in [2.75, 3.05) is 45.0 Å². The molecule has 2 aromatic heterocycles. The third kappa shape index (κ3) is 23.6. The summed E-state index contributed by atoms with van der Waals surface area (Å²) in [5, 5.41) is 9.80. The number of nitrogens with zero attached hydrogens (tertiary/aromatic N) is 8. The van der Waals surface area contributed by atoms with E-state index in [4.69, 9.17) is 0 Å². The lowest BCUT2D eigenvalue weighted by Gasteiger charge is -2.29. The van der Waals surface area contributed by atoms with Crippen LogP contribution in [-0.2, 0) is 102 Å². The Bertz CT molecular complexity index is 4780. The maximum Gasteiger partial charge on any atom is 0.296 e. The summed E-state index contributed by atoms with van der Waals surface area (Å²) in [6.45, 7) is 4.22. The molecule has 98 heavy (non-hydrogen) atoms. The number of anilines is 6. The van der Waals surface area contributed by atoms with Crippen molar-refractivity contribution in [1.29, 1.82) is 0 Å². The van der Waals surface area contributed by atoms with E-state index in [9.17, 15) is 107 Å². The lowest BCUT2D eigenvalue weighted by molar-refractivity contribution is -0.123. The molecule has 528 valence electrons. The summed E-state index contributed by atoms with van der Waals surface area (Å²) in [7, 11) is -30.0. The topological polar surface area (TPSA) is 561 Å². The molecule has 0 aliphatic carbocycles. The van der Waals surface area contributed by atoms with Gasteiger partial charge in [-0.3, -0.25) is 36.9 Å². The summed E-state index contributed by atoms with van der Waals surface area (Å²) in [6.07, 6.45) is 0.985. The van der Waals surface area contributed by atoms with Crippen LogP contribution < -0.4 is 31.1 Å². The number of rotatable bonds is 36. The van der Waals surface area contributed by atoms with E-state index in [0.29, 0.717) is 36.3 Å². The standard InChI is InChI=1S/C56H64N12O24S6/c1-55(2,33-93(75,76)77)65-49(73)18-22-67(40(31-71)20-24-69)53-60-47(27-35-8-6-5-7-9-35)59-48(61-53)28-36-10-11-37(45(26-36)97(87,88)89)12-13-38-14-15-39(29-46(38)98(90,91)92)57-51-62-52(58-43-30-42(95(81,82)83)16-17-44(43)96(84,85)86)64-54(63-51)68(41(32-72)21-25-70)23-19-50(74)66-56(3,4)34-94(78,79)80/h5-17,24-26,29-32,40-41H,18-23,27-28,33-34H2,1-4H3,(H,65,73)(H,66,74)(H,75,76,77)(H,78,79,80)(H,81,82,83)(H,84,85,86)(H,87,88,89)(H,90,91,92)(H2,57,58,62,63,64)/b13-12+. The number of nitrogens with one attached hydrogen (secondary N) is 4. The summed E-state index contributed by atoms with van der Waals surface area (Å²) >= 11 is 0. The van der Waals surface area contributed by atoms with Crippen LogP contribution in [0.4, 0.5) is 35.2 Å². The lowest BCUT2D eigenvalue weighted by Crippen LogP contribution is -2.49. The fourth-order valence-corrected chi connectivity index (χ4v) is 14.1. The van der Waals surface area contributed by atoms with Gasteiger partial charge in [-0.1, -0.05) is 60.7 Å². The monoisotopic (exact) mass is 1480 g/mol. The SMILES string of the molecule is CC(C)(CS(=O)(=O)O)NC(=O)CCN(c1nc(Cc2ccccc2)nc(Cc2ccc(/C=C/c3ccc(Nc4nc(Nc5cc(S(=O)(=O)O)ccc5S(=O)(=O)O)nc(N(CCC(=O)NC(C)(C)CS(=O)(=O)O)C(C=O)CC=O)n4)cc3S(=O)(=O)O)c(S(=O)(=O)O)c2)n1)C(C=O)CC=O. The maximum absolute atomic E-state index is 13.3. The molecular formula is C56H64N12O24S6. The Morgan fingerprint density at radius 1 is 0.490 bits per heavy atom. The molecule has 4 aromatic carbocycles. The second-order valence-electron chi connectivity index (χ2n) is 22.8. The molecule has 2 atom stereocenters. The molecule has 0 fully saturated rings. The van der Waals surface area contributed by atoms with E-state index in [1.165, 1.54) is 44.7 Å². The van der Waals surface area contributed by atoms with E-state index in [2.05, 4.69) is 51.2 Å². The van der Waals surface area contributed by atoms with Crippen molar-refractivity contribution >= 4 is 145 Å². The Morgan fingerprint density at radius 2 is 0.939 bits per heavy atom. The van der Waals surface area contributed by atoms with Crippen molar-refractivity contribution in [2.45, 2.75) is 109 Å². The first kappa shape index (κ1) is 77.9. The van der Waals surface area contributed by atoms with E-state index in [-0.39, 0.29) is 71.9 Å². The number of aromatic nitrogens is 6. The first-order valence-electron chi connectivity index (χ1n) is 28.3. The number of carbonyl (C=O) groups is 6. The van der Waals surface area contributed by atoms with Gasteiger partial charge in [0, 0.05) is 57.3 Å². The lowest BCUT2D eigenvalue weighted by atomic mass is 10.1. The smallest absolute Gasteiger partial charge is 0.296 e. The minimum atomic E-state index is -5.31. The molecule has 0 aliphatic rings. The van der Waals surface area contributed by atoms with Crippen LogP contribution in [-0.4, -0.2) is 192 Å². The van der Waals surface area contributed by atoms with Crippen LogP contribution >= 0.6 is 0 Å². The fraction of sp³-hybridized carbons (Fsp3) is 0.321. The van der Waals surface area contributed by atoms with E-state index >= 15 is 0 Å². The molecule has 36 nitrogen and oxygen atoms in total. The van der Waals surface area contributed by atoms with Crippen LogP contribution in [0.15, 0.2) is 105 Å². The number of hydrogen-bond donors (Lipinski definition) is 10. The second kappa shape index (κ2) is 31.6. The van der Waals surface area contributed by atoms with E-state index in [1.807, 2.05) is 0 Å². The van der Waals surface area contributed by atoms with Gasteiger partial charge < -0.3 is 50.2 Å². The van der Waals surface area contributed by atoms with Crippen LogP contribution in [0.1, 0.15) is 87.3 Å². The maximum atomic E-state index is 13.3. The van der Waals surface area contributed by atoms with Gasteiger partial charge in [-0.05, 0) is 86.3 Å². The van der Waals surface area contributed by atoms with Gasteiger partial charge in [0.2, 0.25) is 35.6 Å². The predicted octanol–water partition coefficient (Wildman–Crippen LogP) is 2.15. The number of aldehydes is 4. The molecule has 0 radical (unpaired) electrons. The Morgan fingerprint density at radius 3 is 1.39 bits per heavy atom. The molecule has 2 unspecified atom stereocenters. The van der Waals surface area contributed by atoms with E-state index in [0.717, 1.165) is 41.3 Å². The quantitative estimate of drug-likeness (QED) is 0.0153. The minimum absolute atomic E-state index is 0.0452. The number of amides is 2. The molecule has 6 rings (SSSR count). The first-order valence-corrected chi connectivity index (χ1v) is 37.3. The highest BCUT2D eigenvalue weighted by Crippen LogP contribution is 2.32. The van der Waals surface area contributed by atoms with Gasteiger partial charge in [-0.2, -0.15) is 75.4 Å². The summed E-state index contributed by atoms with van der Waals surface area (Å²) in [4.78, 5) is 100.0. The highest BCUT2D eigenvalue weighted by molar-refractivity contribution is 7.87. The van der Waals surface area contributed by atoms with Gasteiger partial charge in [0.1, 0.15) is 51.5 Å². The summed E-state index contributed by atoms with van der Waals surface area (Å²) in [5.41, 5.74) is -4.04. The summed E-state index contributed by atoms with van der Waals surface area (Å²) in [6, 6.07) is 14.1. The van der Waals surface area contributed by atoms with Crippen molar-refractivity contribution in [1.82, 2.24) is 40.5 Å². The summed E-state index contributed by atoms with van der Waals surface area (Å²) < 4.78 is 208. The number of carbonyl (C=O) groups excluding carboxylic acids is 6. The minimum Gasteiger partial charge on any atom is -0.350 e. The molecule has 0 spiro atoms. The van der Waals surface area contributed by atoms with Crippen LogP contribution in [0.3, 0.4) is 0 Å². The molecule has 6 aromatic rings. The Balaban J connectivity index is 1.41. The van der Waals surface area contributed by atoms with Gasteiger partial charge in [0.15, 0.2) is 0 Å². The average Bonchev–Trinajstić information content (AvgIpc) is 0.799. The van der Waals surface area contributed by atoms with Crippen LogP contribution in [0.5, 0.6) is 0 Å². The normalized spacial score (nSPS) is 13.2. The number of benzene rings is 4. The number of hydrogen-bond acceptors (Lipinski definition) is 28. The zero-order valence-corrected chi connectivity index (χ0v) is 56.7. The zero-order chi connectivity index (χ0) is 73.0. The van der Waals surface area contributed by atoms with Crippen LogP contribution in [0.25, 0.3) is 12.2 Å². The molecule has 0 saturated heterocycles. The average molecular weight is 1480 g/mol. The van der Waals surface area contributed by atoms with Gasteiger partial charge in [-0.15, -0.1) is 0 Å². The molecule has 0 saturated carbocycles. The second-order valence-corrected chi connectivity index (χ2v) is 31.3. The van der Waals surface area contributed by atoms with Crippen molar-refractivity contribution in [3.8, 4) is 0 Å². The Labute approximate surface area is 561 Å². The molecule has 2 heterocycles. The summed E-state index contributed by atoms with van der Waals surface area (Å²) in [5.74, 6) is -5.81. The van der Waals surface area contributed by atoms with E-state index in [1.54, 1.807) is 30.3 Å².